The molecule has 0 bridgehead atoms. The molecule has 1 aliphatic carbocycles. The second-order valence-electron chi connectivity index (χ2n) is 4.12. The summed E-state index contributed by atoms with van der Waals surface area (Å²) in [5.41, 5.74) is 0.433. The van der Waals surface area contributed by atoms with Crippen LogP contribution in [-0.2, 0) is 11.3 Å². The average Bonchev–Trinajstić information content (AvgIpc) is 2.96. The number of hydrogen-bond donors (Lipinski definition) is 1. The van der Waals surface area contributed by atoms with E-state index in [-0.39, 0.29) is 18.1 Å². The van der Waals surface area contributed by atoms with Crippen LogP contribution in [0.1, 0.15) is 12.0 Å². The number of alkyl halides is 2. The van der Waals surface area contributed by atoms with Gasteiger partial charge in [-0.15, -0.1) is 23.2 Å². The molecule has 0 heterocycles. The number of amides is 1. The number of carbonyl (C=O) groups is 1. The maximum absolute atomic E-state index is 11.6. The number of rotatable bonds is 4. The summed E-state index contributed by atoms with van der Waals surface area (Å²) >= 11 is 11.5. The first-order chi connectivity index (χ1) is 8.42. The van der Waals surface area contributed by atoms with E-state index < -0.39 is 15.2 Å². The fourth-order valence-corrected chi connectivity index (χ4v) is 2.15. The minimum atomic E-state index is -0.979. The molecule has 1 aliphatic rings. The van der Waals surface area contributed by atoms with Crippen LogP contribution in [-0.4, -0.2) is 15.2 Å². The van der Waals surface area contributed by atoms with Gasteiger partial charge < -0.3 is 5.32 Å². The summed E-state index contributed by atoms with van der Waals surface area (Å²) in [5.74, 6) is -0.707. The molecule has 7 heteroatoms. The van der Waals surface area contributed by atoms with Gasteiger partial charge in [0.25, 0.3) is 5.69 Å². The summed E-state index contributed by atoms with van der Waals surface area (Å²) < 4.78 is -0.979. The van der Waals surface area contributed by atoms with Gasteiger partial charge in [-0.05, 0) is 6.42 Å². The van der Waals surface area contributed by atoms with Crippen LogP contribution in [0, 0.1) is 16.0 Å². The third-order valence-corrected chi connectivity index (χ3v) is 3.62. The molecule has 18 heavy (non-hydrogen) atoms. The normalized spacial score (nSPS) is 20.2. The third kappa shape index (κ3) is 2.73. The lowest BCUT2D eigenvalue weighted by Gasteiger charge is -2.05. The topological polar surface area (TPSA) is 72.2 Å². The van der Waals surface area contributed by atoms with Gasteiger partial charge in [0.2, 0.25) is 5.91 Å². The molecular formula is C11H10Cl2N2O3. The molecule has 0 aliphatic heterocycles. The van der Waals surface area contributed by atoms with Gasteiger partial charge in [0.1, 0.15) is 4.33 Å². The summed E-state index contributed by atoms with van der Waals surface area (Å²) in [6.45, 7) is 0.0936. The van der Waals surface area contributed by atoms with Gasteiger partial charge in [-0.3, -0.25) is 14.9 Å². The first-order valence-corrected chi connectivity index (χ1v) is 6.05. The van der Waals surface area contributed by atoms with Crippen molar-refractivity contribution in [1.29, 1.82) is 0 Å². The zero-order valence-corrected chi connectivity index (χ0v) is 10.7. The summed E-state index contributed by atoms with van der Waals surface area (Å²) in [5, 5.41) is 13.4. The van der Waals surface area contributed by atoms with E-state index in [0.29, 0.717) is 12.0 Å². The van der Waals surface area contributed by atoms with Crippen molar-refractivity contribution in [2.75, 3.05) is 0 Å². The van der Waals surface area contributed by atoms with Crippen LogP contribution in [0.15, 0.2) is 24.3 Å². The zero-order valence-electron chi connectivity index (χ0n) is 9.23. The first-order valence-electron chi connectivity index (χ1n) is 5.29. The van der Waals surface area contributed by atoms with Crippen LogP contribution < -0.4 is 5.32 Å². The van der Waals surface area contributed by atoms with Crippen molar-refractivity contribution in [2.45, 2.75) is 17.3 Å². The van der Waals surface area contributed by atoms with Crippen LogP contribution in [0.25, 0.3) is 0 Å². The fourth-order valence-electron chi connectivity index (χ4n) is 1.64. The lowest BCUT2D eigenvalue weighted by Crippen LogP contribution is -2.26. The molecule has 0 saturated heterocycles. The minimum absolute atomic E-state index is 0.0170. The molecule has 1 N–H and O–H groups in total. The number of nitrogens with zero attached hydrogens (tertiary/aromatic N) is 1. The maximum atomic E-state index is 11.6. The number of carbonyl (C=O) groups excluding carboxylic acids is 1. The highest BCUT2D eigenvalue weighted by molar-refractivity contribution is 6.52. The van der Waals surface area contributed by atoms with Crippen LogP contribution in [0.5, 0.6) is 0 Å². The standard InChI is InChI=1S/C11H10Cl2N2O3/c12-11(13)5-8(11)10(16)14-6-7-3-1-2-4-9(7)15(17)18/h1-4,8H,5-6H2,(H,14,16). The van der Waals surface area contributed by atoms with Crippen molar-refractivity contribution in [3.8, 4) is 0 Å². The molecule has 2 rings (SSSR count). The average molecular weight is 289 g/mol. The van der Waals surface area contributed by atoms with Crippen molar-refractivity contribution in [3.63, 3.8) is 0 Å². The van der Waals surface area contributed by atoms with E-state index in [9.17, 15) is 14.9 Å². The molecule has 1 atom stereocenters. The largest absolute Gasteiger partial charge is 0.351 e. The van der Waals surface area contributed by atoms with Crippen LogP contribution in [0.4, 0.5) is 5.69 Å². The van der Waals surface area contributed by atoms with Crippen molar-refractivity contribution >= 4 is 34.8 Å². The van der Waals surface area contributed by atoms with Gasteiger partial charge >= 0.3 is 0 Å². The van der Waals surface area contributed by atoms with Crippen molar-refractivity contribution in [2.24, 2.45) is 5.92 Å². The monoisotopic (exact) mass is 288 g/mol. The van der Waals surface area contributed by atoms with Crippen molar-refractivity contribution < 1.29 is 9.72 Å². The Labute approximate surface area is 113 Å². The van der Waals surface area contributed by atoms with Gasteiger partial charge in [-0.2, -0.15) is 0 Å². The highest BCUT2D eigenvalue weighted by atomic mass is 35.5. The molecule has 1 aromatic carbocycles. The molecule has 0 radical (unpaired) electrons. The van der Waals surface area contributed by atoms with Crippen molar-refractivity contribution in [3.05, 3.63) is 39.9 Å². The Balaban J connectivity index is 1.99. The number of hydrogen-bond acceptors (Lipinski definition) is 3. The molecule has 5 nitrogen and oxygen atoms in total. The first kappa shape index (κ1) is 13.1. The Kier molecular flexibility index (Phi) is 3.45. The highest BCUT2D eigenvalue weighted by Gasteiger charge is 2.56. The fraction of sp³-hybridized carbons (Fsp3) is 0.364. The van der Waals surface area contributed by atoms with Crippen LogP contribution in [0.3, 0.4) is 0 Å². The summed E-state index contributed by atoms with van der Waals surface area (Å²) in [6, 6.07) is 6.25. The minimum Gasteiger partial charge on any atom is -0.351 e. The molecule has 0 spiro atoms. The second kappa shape index (κ2) is 4.74. The van der Waals surface area contributed by atoms with E-state index in [1.807, 2.05) is 0 Å². The van der Waals surface area contributed by atoms with E-state index in [2.05, 4.69) is 5.32 Å². The number of nitro groups is 1. The molecule has 1 aromatic rings. The Morgan fingerprint density at radius 3 is 2.67 bits per heavy atom. The van der Waals surface area contributed by atoms with Crippen LogP contribution in [0.2, 0.25) is 0 Å². The van der Waals surface area contributed by atoms with Crippen molar-refractivity contribution in [1.82, 2.24) is 5.32 Å². The number of benzene rings is 1. The number of halogens is 2. The van der Waals surface area contributed by atoms with Gasteiger partial charge in [0.05, 0.1) is 10.8 Å². The Morgan fingerprint density at radius 2 is 2.11 bits per heavy atom. The van der Waals surface area contributed by atoms with E-state index in [4.69, 9.17) is 23.2 Å². The molecule has 1 amide bonds. The quantitative estimate of drug-likeness (QED) is 0.525. The predicted molar refractivity (Wildman–Crippen MR) is 67.5 cm³/mol. The summed E-state index contributed by atoms with van der Waals surface area (Å²) in [7, 11) is 0. The Morgan fingerprint density at radius 1 is 1.50 bits per heavy atom. The predicted octanol–water partition coefficient (Wildman–Crippen LogP) is 2.40. The summed E-state index contributed by atoms with van der Waals surface area (Å²) in [6.07, 6.45) is 0.416. The van der Waals surface area contributed by atoms with Gasteiger partial charge in [0.15, 0.2) is 0 Å². The molecule has 1 fully saturated rings. The molecule has 0 aromatic heterocycles. The van der Waals surface area contributed by atoms with Gasteiger partial charge in [0, 0.05) is 18.2 Å². The third-order valence-electron chi connectivity index (χ3n) is 2.78. The highest BCUT2D eigenvalue weighted by Crippen LogP contribution is 2.53. The number of para-hydroxylation sites is 1. The maximum Gasteiger partial charge on any atom is 0.274 e. The molecule has 1 unspecified atom stereocenters. The molecule has 1 saturated carbocycles. The van der Waals surface area contributed by atoms with Gasteiger partial charge in [-0.1, -0.05) is 18.2 Å². The Bertz CT molecular complexity index is 505. The molecular weight excluding hydrogens is 279 g/mol. The van der Waals surface area contributed by atoms with Gasteiger partial charge in [-0.25, -0.2) is 0 Å². The van der Waals surface area contributed by atoms with Crippen LogP contribution >= 0.6 is 23.2 Å². The Hall–Kier alpha value is -1.33. The lowest BCUT2D eigenvalue weighted by atomic mass is 10.2. The SMILES string of the molecule is O=C(NCc1ccccc1[N+](=O)[O-])C1CC1(Cl)Cl. The summed E-state index contributed by atoms with van der Waals surface area (Å²) in [4.78, 5) is 21.9. The number of nitro benzene ring substituents is 1. The smallest absolute Gasteiger partial charge is 0.274 e. The van der Waals surface area contributed by atoms with E-state index >= 15 is 0 Å². The zero-order chi connectivity index (χ0) is 13.3. The second-order valence-corrected chi connectivity index (χ2v) is 5.66. The van der Waals surface area contributed by atoms with E-state index in [1.165, 1.54) is 6.07 Å². The van der Waals surface area contributed by atoms with E-state index in [0.717, 1.165) is 0 Å². The molecule has 96 valence electrons. The van der Waals surface area contributed by atoms with E-state index in [1.54, 1.807) is 18.2 Å². The number of nitrogens with one attached hydrogen (secondary N) is 1. The lowest BCUT2D eigenvalue weighted by molar-refractivity contribution is -0.385.